The third-order valence-electron chi connectivity index (χ3n) is 4.59. The molecule has 0 fully saturated rings. The van der Waals surface area contributed by atoms with Crippen LogP contribution in [0, 0.1) is 0 Å². The number of methoxy groups -OCH3 is 1. The number of carbonyl (C=O) groups excluding carboxylic acids is 1. The highest BCUT2D eigenvalue weighted by Crippen LogP contribution is 2.29. The van der Waals surface area contributed by atoms with Crippen molar-refractivity contribution in [3.63, 3.8) is 0 Å². The summed E-state index contributed by atoms with van der Waals surface area (Å²) in [5.41, 5.74) is 3.21. The average molecular weight is 399 g/mol. The van der Waals surface area contributed by atoms with Crippen LogP contribution in [-0.4, -0.2) is 22.6 Å². The third kappa shape index (κ3) is 4.50. The van der Waals surface area contributed by atoms with Crippen LogP contribution in [0.5, 0.6) is 11.5 Å². The quantitative estimate of drug-likeness (QED) is 0.489. The second-order valence-corrected chi connectivity index (χ2v) is 6.61. The van der Waals surface area contributed by atoms with Gasteiger partial charge in [0.1, 0.15) is 6.61 Å². The molecule has 0 saturated carbocycles. The molecule has 6 heteroatoms. The Balaban J connectivity index is 1.43. The smallest absolute Gasteiger partial charge is 0.255 e. The molecular formula is C24H21N3O3. The van der Waals surface area contributed by atoms with Crippen LogP contribution in [-0.2, 0) is 6.61 Å². The lowest BCUT2D eigenvalue weighted by molar-refractivity contribution is 0.102. The molecule has 150 valence electrons. The molecule has 1 N–H and O–H groups in total. The number of rotatable bonds is 7. The van der Waals surface area contributed by atoms with E-state index in [0.717, 1.165) is 11.3 Å². The van der Waals surface area contributed by atoms with Crippen LogP contribution in [0.3, 0.4) is 0 Å². The number of ether oxygens (including phenoxy) is 2. The molecule has 0 bridgehead atoms. The minimum atomic E-state index is -0.224. The van der Waals surface area contributed by atoms with Crippen molar-refractivity contribution in [1.29, 1.82) is 0 Å². The van der Waals surface area contributed by atoms with Gasteiger partial charge < -0.3 is 19.4 Å². The van der Waals surface area contributed by atoms with Crippen molar-refractivity contribution in [1.82, 2.24) is 9.55 Å². The zero-order valence-electron chi connectivity index (χ0n) is 16.5. The Morgan fingerprint density at radius 1 is 1.00 bits per heavy atom. The molecule has 6 nitrogen and oxygen atoms in total. The summed E-state index contributed by atoms with van der Waals surface area (Å²) in [7, 11) is 1.56. The van der Waals surface area contributed by atoms with Crippen LogP contribution in [0.15, 0.2) is 91.5 Å². The van der Waals surface area contributed by atoms with E-state index >= 15 is 0 Å². The number of benzene rings is 3. The lowest BCUT2D eigenvalue weighted by Crippen LogP contribution is -2.12. The Labute approximate surface area is 174 Å². The number of carbonyl (C=O) groups is 1. The fourth-order valence-electron chi connectivity index (χ4n) is 3.00. The van der Waals surface area contributed by atoms with E-state index in [9.17, 15) is 4.79 Å². The number of anilines is 1. The number of nitrogens with one attached hydrogen (secondary N) is 1. The van der Waals surface area contributed by atoms with Crippen molar-refractivity contribution in [2.75, 3.05) is 12.4 Å². The van der Waals surface area contributed by atoms with Gasteiger partial charge in [0.05, 0.1) is 13.4 Å². The van der Waals surface area contributed by atoms with E-state index in [0.29, 0.717) is 29.4 Å². The standard InChI is InChI=1S/C24H21N3O3/c1-29-23-15-19(7-12-22(23)30-16-18-5-3-2-4-6-18)24(28)26-20-8-10-21(11-9-20)27-14-13-25-17-27/h2-15,17H,16H2,1H3,(H,26,28). The normalized spacial score (nSPS) is 10.4. The van der Waals surface area contributed by atoms with Crippen molar-refractivity contribution in [3.05, 3.63) is 103 Å². The first-order valence-electron chi connectivity index (χ1n) is 9.47. The molecule has 0 atom stereocenters. The van der Waals surface area contributed by atoms with Crippen molar-refractivity contribution in [2.24, 2.45) is 0 Å². The van der Waals surface area contributed by atoms with Gasteiger partial charge >= 0.3 is 0 Å². The fraction of sp³-hybridized carbons (Fsp3) is 0.0833. The second kappa shape index (κ2) is 8.96. The van der Waals surface area contributed by atoms with Crippen molar-refractivity contribution >= 4 is 11.6 Å². The molecule has 1 heterocycles. The van der Waals surface area contributed by atoms with Crippen LogP contribution in [0.25, 0.3) is 5.69 Å². The Kier molecular flexibility index (Phi) is 5.75. The first-order chi connectivity index (χ1) is 14.7. The minimum absolute atomic E-state index is 0.224. The topological polar surface area (TPSA) is 65.4 Å². The molecular weight excluding hydrogens is 378 g/mol. The number of imidazole rings is 1. The Bertz CT molecular complexity index is 1110. The van der Waals surface area contributed by atoms with Gasteiger partial charge in [-0.25, -0.2) is 4.98 Å². The van der Waals surface area contributed by atoms with E-state index in [-0.39, 0.29) is 5.91 Å². The predicted octanol–water partition coefficient (Wildman–Crippen LogP) is 4.71. The molecule has 0 radical (unpaired) electrons. The molecule has 0 aliphatic rings. The highest BCUT2D eigenvalue weighted by molar-refractivity contribution is 6.04. The predicted molar refractivity (Wildman–Crippen MR) is 115 cm³/mol. The van der Waals surface area contributed by atoms with Gasteiger partial charge in [0, 0.05) is 29.3 Å². The molecule has 1 amide bonds. The highest BCUT2D eigenvalue weighted by Gasteiger charge is 2.12. The maximum absolute atomic E-state index is 12.7. The number of amides is 1. The maximum atomic E-state index is 12.7. The Morgan fingerprint density at radius 2 is 1.80 bits per heavy atom. The molecule has 0 aliphatic carbocycles. The monoisotopic (exact) mass is 399 g/mol. The summed E-state index contributed by atoms with van der Waals surface area (Å²) in [6.07, 6.45) is 5.30. The number of aromatic nitrogens is 2. The summed E-state index contributed by atoms with van der Waals surface area (Å²) in [5.74, 6) is 0.870. The zero-order valence-corrected chi connectivity index (χ0v) is 16.5. The molecule has 0 saturated heterocycles. The Hall–Kier alpha value is -4.06. The average Bonchev–Trinajstić information content (AvgIpc) is 3.34. The largest absolute Gasteiger partial charge is 0.493 e. The van der Waals surface area contributed by atoms with Crippen LogP contribution in [0.1, 0.15) is 15.9 Å². The lowest BCUT2D eigenvalue weighted by Gasteiger charge is -2.13. The van der Waals surface area contributed by atoms with E-state index in [1.807, 2.05) is 65.4 Å². The minimum Gasteiger partial charge on any atom is -0.493 e. The maximum Gasteiger partial charge on any atom is 0.255 e. The second-order valence-electron chi connectivity index (χ2n) is 6.61. The highest BCUT2D eigenvalue weighted by atomic mass is 16.5. The van der Waals surface area contributed by atoms with E-state index in [2.05, 4.69) is 10.3 Å². The van der Waals surface area contributed by atoms with E-state index in [1.54, 1.807) is 37.8 Å². The van der Waals surface area contributed by atoms with Gasteiger partial charge in [0.15, 0.2) is 11.5 Å². The molecule has 0 spiro atoms. The van der Waals surface area contributed by atoms with Crippen LogP contribution in [0.4, 0.5) is 5.69 Å². The molecule has 0 unspecified atom stereocenters. The molecule has 4 rings (SSSR count). The first kappa shape index (κ1) is 19.3. The van der Waals surface area contributed by atoms with E-state index in [1.165, 1.54) is 0 Å². The van der Waals surface area contributed by atoms with Crippen molar-refractivity contribution in [3.8, 4) is 17.2 Å². The number of nitrogens with zero attached hydrogens (tertiary/aromatic N) is 2. The van der Waals surface area contributed by atoms with Gasteiger partial charge in [0.2, 0.25) is 0 Å². The van der Waals surface area contributed by atoms with E-state index in [4.69, 9.17) is 9.47 Å². The van der Waals surface area contributed by atoms with Gasteiger partial charge in [-0.1, -0.05) is 30.3 Å². The summed E-state index contributed by atoms with van der Waals surface area (Å²) in [4.78, 5) is 16.7. The van der Waals surface area contributed by atoms with Crippen LogP contribution in [0.2, 0.25) is 0 Å². The van der Waals surface area contributed by atoms with E-state index < -0.39 is 0 Å². The van der Waals surface area contributed by atoms with Gasteiger partial charge in [0.25, 0.3) is 5.91 Å². The van der Waals surface area contributed by atoms with Gasteiger partial charge in [-0.2, -0.15) is 0 Å². The third-order valence-corrected chi connectivity index (χ3v) is 4.59. The van der Waals surface area contributed by atoms with Crippen molar-refractivity contribution in [2.45, 2.75) is 6.61 Å². The lowest BCUT2D eigenvalue weighted by atomic mass is 10.1. The summed E-state index contributed by atoms with van der Waals surface area (Å²) >= 11 is 0. The van der Waals surface area contributed by atoms with Crippen LogP contribution >= 0.6 is 0 Å². The number of hydrogen-bond donors (Lipinski definition) is 1. The SMILES string of the molecule is COc1cc(C(=O)Nc2ccc(-n3ccnc3)cc2)ccc1OCc1ccccc1. The summed E-state index contributed by atoms with van der Waals surface area (Å²) in [5, 5.41) is 2.90. The number of hydrogen-bond acceptors (Lipinski definition) is 4. The molecule has 4 aromatic rings. The van der Waals surface area contributed by atoms with Crippen LogP contribution < -0.4 is 14.8 Å². The molecule has 30 heavy (non-hydrogen) atoms. The van der Waals surface area contributed by atoms with Gasteiger partial charge in [-0.15, -0.1) is 0 Å². The molecule has 0 aliphatic heterocycles. The summed E-state index contributed by atoms with van der Waals surface area (Å²) in [6.45, 7) is 0.423. The Morgan fingerprint density at radius 3 is 2.50 bits per heavy atom. The van der Waals surface area contributed by atoms with Gasteiger partial charge in [-0.05, 0) is 48.0 Å². The molecule has 3 aromatic carbocycles. The van der Waals surface area contributed by atoms with Crippen molar-refractivity contribution < 1.29 is 14.3 Å². The van der Waals surface area contributed by atoms with Gasteiger partial charge in [-0.3, -0.25) is 4.79 Å². The fourth-order valence-corrected chi connectivity index (χ4v) is 3.00. The summed E-state index contributed by atoms with van der Waals surface area (Å²) in [6, 6.07) is 22.5. The summed E-state index contributed by atoms with van der Waals surface area (Å²) < 4.78 is 13.2. The molecule has 1 aromatic heterocycles. The zero-order chi connectivity index (χ0) is 20.8. The first-order valence-corrected chi connectivity index (χ1v) is 9.47.